The van der Waals surface area contributed by atoms with Gasteiger partial charge in [0.1, 0.15) is 5.82 Å². The zero-order valence-electron chi connectivity index (χ0n) is 18.3. The van der Waals surface area contributed by atoms with Crippen molar-refractivity contribution in [2.75, 3.05) is 37.7 Å². The normalized spacial score (nSPS) is 14.6. The molecule has 0 aliphatic carbocycles. The molecule has 1 fully saturated rings. The fourth-order valence-corrected chi connectivity index (χ4v) is 3.66. The van der Waals surface area contributed by atoms with Crippen LogP contribution in [-0.4, -0.2) is 55.5 Å². The smallest absolute Gasteiger partial charge is 0.308 e. The number of amides is 2. The summed E-state index contributed by atoms with van der Waals surface area (Å²) >= 11 is 0. The largest absolute Gasteiger partial charge is 0.455 e. The maximum absolute atomic E-state index is 14.0. The summed E-state index contributed by atoms with van der Waals surface area (Å²) in [7, 11) is 0. The van der Waals surface area contributed by atoms with E-state index in [4.69, 9.17) is 4.74 Å². The molecule has 0 saturated carbocycles. The quantitative estimate of drug-likeness (QED) is 0.669. The molecule has 0 bridgehead atoms. The zero-order chi connectivity index (χ0) is 23.1. The first-order valence-electron chi connectivity index (χ1n) is 10.6. The third kappa shape index (κ3) is 6.29. The summed E-state index contributed by atoms with van der Waals surface area (Å²) in [6, 6.07) is 13.5. The van der Waals surface area contributed by atoms with Crippen molar-refractivity contribution < 1.29 is 23.5 Å². The Labute approximate surface area is 187 Å². The van der Waals surface area contributed by atoms with Gasteiger partial charge in [0, 0.05) is 33.1 Å². The van der Waals surface area contributed by atoms with Crippen molar-refractivity contribution in [3.63, 3.8) is 0 Å². The average molecular weight is 442 g/mol. The van der Waals surface area contributed by atoms with Crippen molar-refractivity contribution in [3.05, 3.63) is 65.5 Å². The highest BCUT2D eigenvalue weighted by atomic mass is 19.1. The summed E-state index contributed by atoms with van der Waals surface area (Å²) in [4.78, 5) is 39.9. The van der Waals surface area contributed by atoms with Gasteiger partial charge in [0.25, 0.3) is 5.91 Å². The third-order valence-electron chi connectivity index (χ3n) is 5.41. The van der Waals surface area contributed by atoms with Crippen LogP contribution in [0.2, 0.25) is 0 Å². The Bertz CT molecular complexity index is 956. The van der Waals surface area contributed by atoms with Crippen molar-refractivity contribution in [1.82, 2.24) is 10.2 Å². The lowest BCUT2D eigenvalue weighted by Gasteiger charge is -2.36. The van der Waals surface area contributed by atoms with Crippen LogP contribution in [-0.2, 0) is 19.1 Å². The lowest BCUT2D eigenvalue weighted by atomic mass is 10.0. The number of esters is 1. The molecule has 1 saturated heterocycles. The maximum Gasteiger partial charge on any atom is 0.308 e. The number of anilines is 1. The number of nitrogens with one attached hydrogen (secondary N) is 1. The SMILES string of the molecule is CC(=O)NC(CC(=O)OCC(=O)N1CCN(c2ccccc2F)CC1)c1ccc(C)cc1. The highest BCUT2D eigenvalue weighted by Crippen LogP contribution is 2.21. The van der Waals surface area contributed by atoms with E-state index in [9.17, 15) is 18.8 Å². The number of benzene rings is 2. The standard InChI is InChI=1S/C24H28FN3O4/c1-17-7-9-19(10-8-17)21(26-18(2)29)15-24(31)32-16-23(30)28-13-11-27(12-14-28)22-6-4-3-5-20(22)25/h3-10,21H,11-16H2,1-2H3,(H,26,29). The summed E-state index contributed by atoms with van der Waals surface area (Å²) in [5.41, 5.74) is 2.38. The molecule has 1 aliphatic rings. The molecule has 0 spiro atoms. The van der Waals surface area contributed by atoms with Crippen LogP contribution in [0.4, 0.5) is 10.1 Å². The van der Waals surface area contributed by atoms with Crippen LogP contribution >= 0.6 is 0 Å². The van der Waals surface area contributed by atoms with Gasteiger partial charge < -0.3 is 19.9 Å². The number of rotatable bonds is 7. The minimum Gasteiger partial charge on any atom is -0.455 e. The molecule has 1 aliphatic heterocycles. The van der Waals surface area contributed by atoms with Gasteiger partial charge in [-0.25, -0.2) is 4.39 Å². The van der Waals surface area contributed by atoms with Gasteiger partial charge in [0.05, 0.1) is 18.2 Å². The van der Waals surface area contributed by atoms with Crippen molar-refractivity contribution in [2.24, 2.45) is 0 Å². The summed E-state index contributed by atoms with van der Waals surface area (Å²) in [5.74, 6) is -1.41. The van der Waals surface area contributed by atoms with E-state index in [0.29, 0.717) is 31.9 Å². The van der Waals surface area contributed by atoms with Crippen molar-refractivity contribution >= 4 is 23.5 Å². The number of hydrogen-bond acceptors (Lipinski definition) is 5. The molecule has 170 valence electrons. The molecule has 0 radical (unpaired) electrons. The summed E-state index contributed by atoms with van der Waals surface area (Å²) in [6.07, 6.45) is -0.0724. The summed E-state index contributed by atoms with van der Waals surface area (Å²) < 4.78 is 19.1. The first-order valence-corrected chi connectivity index (χ1v) is 10.6. The van der Waals surface area contributed by atoms with E-state index >= 15 is 0 Å². The molecule has 2 amide bonds. The number of carbonyl (C=O) groups is 3. The maximum atomic E-state index is 14.0. The molecule has 32 heavy (non-hydrogen) atoms. The van der Waals surface area contributed by atoms with E-state index in [-0.39, 0.29) is 30.7 Å². The Morgan fingerprint density at radius 2 is 1.69 bits per heavy atom. The number of aryl methyl sites for hydroxylation is 1. The highest BCUT2D eigenvalue weighted by Gasteiger charge is 2.24. The van der Waals surface area contributed by atoms with E-state index < -0.39 is 12.0 Å². The van der Waals surface area contributed by atoms with E-state index in [1.54, 1.807) is 23.1 Å². The first-order chi connectivity index (χ1) is 15.3. The zero-order valence-corrected chi connectivity index (χ0v) is 18.3. The van der Waals surface area contributed by atoms with Crippen molar-refractivity contribution in [3.8, 4) is 0 Å². The molecule has 0 aromatic heterocycles. The minimum atomic E-state index is -0.567. The molecule has 1 unspecified atom stereocenters. The average Bonchev–Trinajstić information content (AvgIpc) is 2.78. The molecule has 2 aromatic carbocycles. The van der Waals surface area contributed by atoms with Gasteiger partial charge >= 0.3 is 5.97 Å². The molecule has 1 heterocycles. The molecule has 3 rings (SSSR count). The van der Waals surface area contributed by atoms with Gasteiger partial charge in [0.2, 0.25) is 5.91 Å². The molecule has 8 heteroatoms. The first kappa shape index (κ1) is 23.2. The topological polar surface area (TPSA) is 78.9 Å². The third-order valence-corrected chi connectivity index (χ3v) is 5.41. The van der Waals surface area contributed by atoms with Crippen LogP contribution < -0.4 is 10.2 Å². The molecule has 1 atom stereocenters. The Balaban J connectivity index is 1.48. The van der Waals surface area contributed by atoms with Gasteiger partial charge in [0.15, 0.2) is 6.61 Å². The monoisotopic (exact) mass is 441 g/mol. The number of piperazine rings is 1. The minimum absolute atomic E-state index is 0.0724. The number of ether oxygens (including phenoxy) is 1. The second kappa shape index (κ2) is 10.7. The number of hydrogen-bond donors (Lipinski definition) is 1. The number of halogens is 1. The van der Waals surface area contributed by atoms with Gasteiger partial charge in [-0.1, -0.05) is 42.0 Å². The van der Waals surface area contributed by atoms with Crippen LogP contribution in [0.15, 0.2) is 48.5 Å². The Morgan fingerprint density at radius 1 is 1.03 bits per heavy atom. The summed E-state index contributed by atoms with van der Waals surface area (Å²) in [6.45, 7) is 4.81. The summed E-state index contributed by atoms with van der Waals surface area (Å²) in [5, 5.41) is 2.75. The molecular formula is C24H28FN3O4. The van der Waals surface area contributed by atoms with Gasteiger partial charge in [-0.3, -0.25) is 14.4 Å². The van der Waals surface area contributed by atoms with Crippen LogP contribution in [0.25, 0.3) is 0 Å². The Hall–Kier alpha value is -3.42. The van der Waals surface area contributed by atoms with Crippen LogP contribution in [0, 0.1) is 12.7 Å². The van der Waals surface area contributed by atoms with Gasteiger partial charge in [-0.05, 0) is 24.6 Å². The number of carbonyl (C=O) groups excluding carboxylic acids is 3. The van der Waals surface area contributed by atoms with Crippen LogP contribution in [0.5, 0.6) is 0 Å². The molecule has 7 nitrogen and oxygen atoms in total. The predicted octanol–water partition coefficient (Wildman–Crippen LogP) is 2.59. The molecule has 1 N–H and O–H groups in total. The van der Waals surface area contributed by atoms with Gasteiger partial charge in [-0.15, -0.1) is 0 Å². The number of nitrogens with zero attached hydrogens (tertiary/aromatic N) is 2. The van der Waals surface area contributed by atoms with Gasteiger partial charge in [-0.2, -0.15) is 0 Å². The fourth-order valence-electron chi connectivity index (χ4n) is 3.66. The molecule has 2 aromatic rings. The fraction of sp³-hybridized carbons (Fsp3) is 0.375. The number of para-hydroxylation sites is 1. The Kier molecular flexibility index (Phi) is 7.81. The van der Waals surface area contributed by atoms with E-state index in [2.05, 4.69) is 5.32 Å². The molecular weight excluding hydrogens is 413 g/mol. The predicted molar refractivity (Wildman–Crippen MR) is 119 cm³/mol. The second-order valence-corrected chi connectivity index (χ2v) is 7.85. The second-order valence-electron chi connectivity index (χ2n) is 7.85. The van der Waals surface area contributed by atoms with E-state index in [1.165, 1.54) is 13.0 Å². The Morgan fingerprint density at radius 3 is 2.31 bits per heavy atom. The van der Waals surface area contributed by atoms with Crippen LogP contribution in [0.3, 0.4) is 0 Å². The highest BCUT2D eigenvalue weighted by molar-refractivity contribution is 5.81. The van der Waals surface area contributed by atoms with Crippen molar-refractivity contribution in [1.29, 1.82) is 0 Å². The van der Waals surface area contributed by atoms with E-state index in [0.717, 1.165) is 11.1 Å². The lowest BCUT2D eigenvalue weighted by molar-refractivity contribution is -0.152. The van der Waals surface area contributed by atoms with Crippen molar-refractivity contribution in [2.45, 2.75) is 26.3 Å². The lowest BCUT2D eigenvalue weighted by Crippen LogP contribution is -2.50. The van der Waals surface area contributed by atoms with Crippen LogP contribution in [0.1, 0.15) is 30.5 Å². The van der Waals surface area contributed by atoms with E-state index in [1.807, 2.05) is 36.1 Å².